The topological polar surface area (TPSA) is 49.8 Å². The minimum absolute atomic E-state index is 0.128. The highest BCUT2D eigenvalue weighted by Gasteiger charge is 2.29. The summed E-state index contributed by atoms with van der Waals surface area (Å²) < 4.78 is 5.92. The van der Waals surface area contributed by atoms with Crippen LogP contribution in [0.3, 0.4) is 0 Å². The molecule has 1 amide bonds. The number of aliphatic hydroxyl groups excluding tert-OH is 1. The number of hydrogen-bond acceptors (Lipinski definition) is 3. The Kier molecular flexibility index (Phi) is 5.30. The third-order valence-electron chi connectivity index (χ3n) is 2.92. The summed E-state index contributed by atoms with van der Waals surface area (Å²) in [5.74, 6) is -0.184. The Morgan fingerprint density at radius 3 is 2.95 bits per heavy atom. The van der Waals surface area contributed by atoms with Crippen LogP contribution in [0.1, 0.15) is 10.4 Å². The van der Waals surface area contributed by atoms with E-state index in [1.165, 1.54) is 0 Å². The fourth-order valence-electron chi connectivity index (χ4n) is 1.94. The van der Waals surface area contributed by atoms with Gasteiger partial charge in [0.2, 0.25) is 0 Å². The number of amides is 1. The molecule has 0 bridgehead atoms. The largest absolute Gasteiger partial charge is 0.394 e. The summed E-state index contributed by atoms with van der Waals surface area (Å²) in [6.45, 7) is 1.13. The number of aliphatic hydroxyl groups is 1. The number of halogens is 3. The van der Waals surface area contributed by atoms with E-state index in [1.807, 2.05) is 22.6 Å². The van der Waals surface area contributed by atoms with Gasteiger partial charge in [0.1, 0.15) is 0 Å². The van der Waals surface area contributed by atoms with Crippen molar-refractivity contribution in [2.45, 2.75) is 6.04 Å². The van der Waals surface area contributed by atoms with Crippen LogP contribution in [-0.2, 0) is 4.74 Å². The molecule has 1 fully saturated rings. The van der Waals surface area contributed by atoms with Gasteiger partial charge in [0, 0.05) is 15.1 Å². The Labute approximate surface area is 134 Å². The molecule has 1 atom stereocenters. The van der Waals surface area contributed by atoms with E-state index < -0.39 is 0 Å². The Balaban J connectivity index is 2.33. The highest BCUT2D eigenvalue weighted by atomic mass is 127. The molecule has 1 aromatic rings. The predicted molar refractivity (Wildman–Crippen MR) is 81.9 cm³/mol. The summed E-state index contributed by atoms with van der Waals surface area (Å²) in [6.07, 6.45) is 0. The second-order valence-corrected chi connectivity index (χ2v) is 6.08. The van der Waals surface area contributed by atoms with Crippen LogP contribution in [0.2, 0.25) is 10.0 Å². The monoisotopic (exact) mass is 415 g/mol. The summed E-state index contributed by atoms with van der Waals surface area (Å²) >= 11 is 14.0. The van der Waals surface area contributed by atoms with E-state index in [2.05, 4.69) is 0 Å². The third kappa shape index (κ3) is 3.33. The third-order valence-corrected chi connectivity index (χ3v) is 4.92. The van der Waals surface area contributed by atoms with Gasteiger partial charge in [-0.1, -0.05) is 23.2 Å². The average molecular weight is 416 g/mol. The molecular weight excluding hydrogens is 404 g/mol. The summed E-state index contributed by atoms with van der Waals surface area (Å²) in [5.41, 5.74) is 0.457. The lowest BCUT2D eigenvalue weighted by atomic mass is 10.1. The van der Waals surface area contributed by atoms with Crippen LogP contribution in [-0.4, -0.2) is 48.3 Å². The first-order chi connectivity index (χ1) is 9.04. The van der Waals surface area contributed by atoms with Crippen molar-refractivity contribution in [1.82, 2.24) is 4.90 Å². The molecule has 1 aliphatic heterocycles. The summed E-state index contributed by atoms with van der Waals surface area (Å²) in [4.78, 5) is 14.1. The number of hydrogen-bond donors (Lipinski definition) is 1. The first-order valence-electron chi connectivity index (χ1n) is 5.68. The minimum atomic E-state index is -0.324. The molecule has 104 valence electrons. The molecule has 1 unspecified atom stereocenters. The summed E-state index contributed by atoms with van der Waals surface area (Å²) in [6, 6.07) is 2.88. The van der Waals surface area contributed by atoms with Crippen molar-refractivity contribution in [1.29, 1.82) is 0 Å². The number of carbonyl (C=O) groups excluding carboxylic acids is 1. The first-order valence-corrected chi connectivity index (χ1v) is 7.52. The summed E-state index contributed by atoms with van der Waals surface area (Å²) in [7, 11) is 0. The van der Waals surface area contributed by atoms with Gasteiger partial charge in [0.15, 0.2) is 0 Å². The minimum Gasteiger partial charge on any atom is -0.394 e. The lowest BCUT2D eigenvalue weighted by Crippen LogP contribution is -2.50. The molecule has 1 aliphatic rings. The van der Waals surface area contributed by atoms with E-state index >= 15 is 0 Å². The van der Waals surface area contributed by atoms with E-state index in [1.54, 1.807) is 17.0 Å². The molecule has 0 aliphatic carbocycles. The zero-order chi connectivity index (χ0) is 14.0. The number of morpholine rings is 1. The second-order valence-electron chi connectivity index (χ2n) is 4.16. The van der Waals surface area contributed by atoms with Crippen LogP contribution in [0.4, 0.5) is 0 Å². The lowest BCUT2D eigenvalue weighted by Gasteiger charge is -2.34. The van der Waals surface area contributed by atoms with Crippen molar-refractivity contribution < 1.29 is 14.6 Å². The highest BCUT2D eigenvalue weighted by molar-refractivity contribution is 14.1. The SMILES string of the molecule is O=C(c1cc(Cl)cc(Cl)c1I)N1CCOCC1CO. The maximum Gasteiger partial charge on any atom is 0.255 e. The number of nitrogens with zero attached hydrogens (tertiary/aromatic N) is 1. The quantitative estimate of drug-likeness (QED) is 0.596. The summed E-state index contributed by atoms with van der Waals surface area (Å²) in [5, 5.41) is 10.2. The van der Waals surface area contributed by atoms with Gasteiger partial charge in [-0.3, -0.25) is 4.79 Å². The van der Waals surface area contributed by atoms with Crippen molar-refractivity contribution in [3.05, 3.63) is 31.3 Å². The molecule has 1 heterocycles. The zero-order valence-electron chi connectivity index (χ0n) is 9.91. The molecule has 0 aromatic heterocycles. The van der Waals surface area contributed by atoms with E-state index in [0.717, 1.165) is 0 Å². The highest BCUT2D eigenvalue weighted by Crippen LogP contribution is 2.28. The number of carbonyl (C=O) groups is 1. The lowest BCUT2D eigenvalue weighted by molar-refractivity contribution is -0.0184. The molecule has 2 rings (SSSR count). The van der Waals surface area contributed by atoms with Gasteiger partial charge in [-0.2, -0.15) is 0 Å². The first kappa shape index (κ1) is 15.3. The Morgan fingerprint density at radius 1 is 1.53 bits per heavy atom. The molecule has 0 saturated carbocycles. The normalized spacial score (nSPS) is 19.6. The van der Waals surface area contributed by atoms with Crippen LogP contribution in [0.25, 0.3) is 0 Å². The van der Waals surface area contributed by atoms with E-state index in [4.69, 9.17) is 27.9 Å². The van der Waals surface area contributed by atoms with Crippen molar-refractivity contribution in [2.24, 2.45) is 0 Å². The Bertz CT molecular complexity index is 498. The van der Waals surface area contributed by atoms with Crippen LogP contribution in [0.5, 0.6) is 0 Å². The van der Waals surface area contributed by atoms with Crippen molar-refractivity contribution in [2.75, 3.05) is 26.4 Å². The van der Waals surface area contributed by atoms with Crippen LogP contribution < -0.4 is 0 Å². The van der Waals surface area contributed by atoms with Gasteiger partial charge in [0.05, 0.1) is 36.4 Å². The molecule has 19 heavy (non-hydrogen) atoms. The molecule has 1 saturated heterocycles. The average Bonchev–Trinajstić information content (AvgIpc) is 2.42. The van der Waals surface area contributed by atoms with Crippen LogP contribution in [0, 0.1) is 3.57 Å². The van der Waals surface area contributed by atoms with E-state index in [0.29, 0.717) is 38.9 Å². The molecule has 0 spiro atoms. The van der Waals surface area contributed by atoms with Crippen molar-refractivity contribution in [3.8, 4) is 0 Å². The number of benzene rings is 1. The maximum absolute atomic E-state index is 12.5. The zero-order valence-corrected chi connectivity index (χ0v) is 13.6. The fraction of sp³-hybridized carbons (Fsp3) is 0.417. The standard InChI is InChI=1S/C12H12Cl2INO3/c13-7-3-9(11(15)10(14)4-7)12(18)16-1-2-19-6-8(16)5-17/h3-4,8,17H,1-2,5-6H2. The van der Waals surface area contributed by atoms with Gasteiger partial charge in [-0.15, -0.1) is 0 Å². The Hall–Kier alpha value is -0.0800. The second kappa shape index (κ2) is 6.58. The number of ether oxygens (including phenoxy) is 1. The molecule has 7 heteroatoms. The van der Waals surface area contributed by atoms with Gasteiger partial charge in [-0.25, -0.2) is 0 Å². The van der Waals surface area contributed by atoms with E-state index in [9.17, 15) is 9.90 Å². The smallest absolute Gasteiger partial charge is 0.255 e. The van der Waals surface area contributed by atoms with Crippen LogP contribution >= 0.6 is 45.8 Å². The van der Waals surface area contributed by atoms with Gasteiger partial charge in [0.25, 0.3) is 5.91 Å². The molecule has 0 radical (unpaired) electrons. The molecule has 1 N–H and O–H groups in total. The van der Waals surface area contributed by atoms with Crippen LogP contribution in [0.15, 0.2) is 12.1 Å². The molecule has 1 aromatic carbocycles. The van der Waals surface area contributed by atoms with Gasteiger partial charge >= 0.3 is 0 Å². The van der Waals surface area contributed by atoms with Gasteiger partial charge < -0.3 is 14.7 Å². The molecular formula is C12H12Cl2INO3. The maximum atomic E-state index is 12.5. The van der Waals surface area contributed by atoms with Crippen molar-refractivity contribution in [3.63, 3.8) is 0 Å². The van der Waals surface area contributed by atoms with E-state index in [-0.39, 0.29) is 18.6 Å². The predicted octanol–water partition coefficient (Wildman–Crippen LogP) is 2.43. The fourth-order valence-corrected chi connectivity index (χ4v) is 2.98. The van der Waals surface area contributed by atoms with Gasteiger partial charge in [-0.05, 0) is 34.7 Å². The molecule has 4 nitrogen and oxygen atoms in total. The Morgan fingerprint density at radius 2 is 2.26 bits per heavy atom. The van der Waals surface area contributed by atoms with Crippen molar-refractivity contribution >= 4 is 51.7 Å². The number of rotatable bonds is 2.